The lowest BCUT2D eigenvalue weighted by Gasteiger charge is -2.32. The van der Waals surface area contributed by atoms with Crippen LogP contribution in [0.25, 0.3) is 0 Å². The maximum atomic E-state index is 12.2. The normalized spacial score (nSPS) is 39.4. The molecule has 0 aromatic rings. The van der Waals surface area contributed by atoms with Crippen molar-refractivity contribution >= 4 is 5.78 Å². The van der Waals surface area contributed by atoms with Gasteiger partial charge in [-0.1, -0.05) is 49.8 Å². The summed E-state index contributed by atoms with van der Waals surface area (Å²) in [6.45, 7) is 6.68. The minimum absolute atomic E-state index is 0.0590. The molecule has 18 heavy (non-hydrogen) atoms. The summed E-state index contributed by atoms with van der Waals surface area (Å²) in [4.78, 5) is 12.2. The van der Waals surface area contributed by atoms with Crippen LogP contribution in [0.1, 0.15) is 20.8 Å². The number of carbonyl (C=O) groups is 1. The van der Waals surface area contributed by atoms with Gasteiger partial charge in [0.05, 0.1) is 0 Å². The minimum Gasteiger partial charge on any atom is -0.294 e. The highest BCUT2D eigenvalue weighted by molar-refractivity contribution is 5.94. The highest BCUT2D eigenvalue weighted by atomic mass is 16.1. The number of carbonyl (C=O) groups excluding carboxylic acids is 1. The van der Waals surface area contributed by atoms with Gasteiger partial charge in [0, 0.05) is 17.8 Å². The molecule has 0 saturated heterocycles. The van der Waals surface area contributed by atoms with Crippen LogP contribution in [0, 0.1) is 29.6 Å². The van der Waals surface area contributed by atoms with Crippen LogP contribution in [-0.2, 0) is 4.79 Å². The Labute approximate surface area is 109 Å². The lowest BCUT2D eigenvalue weighted by Crippen LogP contribution is -2.30. The molecule has 4 aliphatic carbocycles. The molecule has 0 radical (unpaired) electrons. The third-order valence-corrected chi connectivity index (χ3v) is 4.78. The van der Waals surface area contributed by atoms with Crippen LogP contribution in [0.2, 0.25) is 0 Å². The van der Waals surface area contributed by atoms with Crippen molar-refractivity contribution in [2.75, 3.05) is 0 Å². The first-order valence-electron chi connectivity index (χ1n) is 6.89. The molecule has 0 aromatic heterocycles. The molecule has 1 nitrogen and oxygen atoms in total. The number of fused-ring (bicyclic) bond motifs is 1. The van der Waals surface area contributed by atoms with Crippen molar-refractivity contribution in [3.63, 3.8) is 0 Å². The molecular formula is C17H20O. The molecule has 0 fully saturated rings. The van der Waals surface area contributed by atoms with Gasteiger partial charge < -0.3 is 0 Å². The zero-order chi connectivity index (χ0) is 12.9. The average molecular weight is 240 g/mol. The van der Waals surface area contributed by atoms with Crippen molar-refractivity contribution in [3.8, 4) is 0 Å². The van der Waals surface area contributed by atoms with Crippen LogP contribution in [0.5, 0.6) is 0 Å². The highest BCUT2D eigenvalue weighted by Crippen LogP contribution is 2.48. The largest absolute Gasteiger partial charge is 0.294 e. The Kier molecular flexibility index (Phi) is 2.65. The third-order valence-electron chi connectivity index (χ3n) is 4.78. The molecule has 2 bridgehead atoms. The fraction of sp³-hybridized carbons (Fsp3) is 0.471. The number of hydrogen-bond acceptors (Lipinski definition) is 1. The molecular weight excluding hydrogens is 220 g/mol. The Bertz CT molecular complexity index is 502. The lowest BCUT2D eigenvalue weighted by molar-refractivity contribution is -0.118. The van der Waals surface area contributed by atoms with Crippen LogP contribution in [-0.4, -0.2) is 5.78 Å². The van der Waals surface area contributed by atoms with Crippen molar-refractivity contribution in [3.05, 3.63) is 47.6 Å². The van der Waals surface area contributed by atoms with Crippen LogP contribution in [0.3, 0.4) is 0 Å². The van der Waals surface area contributed by atoms with E-state index in [0.29, 0.717) is 23.7 Å². The Morgan fingerprint density at radius 3 is 2.61 bits per heavy atom. The molecule has 0 N–H and O–H groups in total. The summed E-state index contributed by atoms with van der Waals surface area (Å²) in [5.74, 6) is 2.17. The Balaban J connectivity index is 2.08. The van der Waals surface area contributed by atoms with E-state index in [1.807, 2.05) is 0 Å². The van der Waals surface area contributed by atoms with Gasteiger partial charge in [-0.05, 0) is 30.4 Å². The van der Waals surface area contributed by atoms with Crippen LogP contribution in [0.15, 0.2) is 47.6 Å². The molecule has 4 rings (SSSR count). The Hall–Kier alpha value is -1.37. The van der Waals surface area contributed by atoms with Crippen molar-refractivity contribution in [1.82, 2.24) is 0 Å². The number of ketones is 1. The standard InChI is InChI=1S/C17H20O/c1-10(2)11(3)13-7-8-14-12-4-6-15(17(13)14)16(18)9-5-12/h4-10,12,14-15,17H,1-3H3/b13-11+/t12-,14-,15+,17-/m1/s1. The van der Waals surface area contributed by atoms with E-state index in [2.05, 4.69) is 51.2 Å². The van der Waals surface area contributed by atoms with Crippen molar-refractivity contribution in [2.24, 2.45) is 29.6 Å². The summed E-state index contributed by atoms with van der Waals surface area (Å²) >= 11 is 0. The van der Waals surface area contributed by atoms with Gasteiger partial charge in [0.15, 0.2) is 5.78 Å². The molecule has 0 aliphatic heterocycles. The molecule has 1 heteroatoms. The fourth-order valence-electron chi connectivity index (χ4n) is 3.46. The van der Waals surface area contributed by atoms with Gasteiger partial charge >= 0.3 is 0 Å². The SMILES string of the molecule is C/C(=C1/C=C[C@@H]2[C@H]3C=CC(=O)[C@H](C=C3)[C@H]12)C(C)C. The highest BCUT2D eigenvalue weighted by Gasteiger charge is 2.43. The molecule has 0 unspecified atom stereocenters. The molecule has 94 valence electrons. The van der Waals surface area contributed by atoms with Gasteiger partial charge in [-0.25, -0.2) is 0 Å². The summed E-state index contributed by atoms with van der Waals surface area (Å²) < 4.78 is 0. The van der Waals surface area contributed by atoms with E-state index in [0.717, 1.165) is 0 Å². The van der Waals surface area contributed by atoms with Crippen LogP contribution < -0.4 is 0 Å². The molecule has 4 atom stereocenters. The molecule has 0 amide bonds. The van der Waals surface area contributed by atoms with E-state index < -0.39 is 0 Å². The van der Waals surface area contributed by atoms with E-state index in [1.165, 1.54) is 11.1 Å². The first kappa shape index (κ1) is 11.7. The summed E-state index contributed by atoms with van der Waals surface area (Å²) in [6, 6.07) is 0. The Morgan fingerprint density at radius 2 is 1.89 bits per heavy atom. The van der Waals surface area contributed by atoms with Gasteiger partial charge in [-0.2, -0.15) is 0 Å². The number of hydrogen-bond donors (Lipinski definition) is 0. The minimum atomic E-state index is 0.0590. The van der Waals surface area contributed by atoms with Gasteiger partial charge in [0.2, 0.25) is 0 Å². The smallest absolute Gasteiger partial charge is 0.162 e. The van der Waals surface area contributed by atoms with E-state index in [4.69, 9.17) is 0 Å². The average Bonchev–Trinajstić information content (AvgIpc) is 2.66. The quantitative estimate of drug-likeness (QED) is 0.639. The van der Waals surface area contributed by atoms with Crippen molar-refractivity contribution in [2.45, 2.75) is 20.8 Å². The second kappa shape index (κ2) is 4.08. The van der Waals surface area contributed by atoms with Crippen molar-refractivity contribution in [1.29, 1.82) is 0 Å². The predicted octanol–water partition coefficient (Wildman–Crippen LogP) is 3.70. The van der Waals surface area contributed by atoms with E-state index in [-0.39, 0.29) is 11.7 Å². The first-order chi connectivity index (χ1) is 8.59. The summed E-state index contributed by atoms with van der Waals surface area (Å²) in [6.07, 6.45) is 12.8. The lowest BCUT2D eigenvalue weighted by atomic mass is 9.70. The van der Waals surface area contributed by atoms with Crippen LogP contribution >= 0.6 is 0 Å². The Morgan fingerprint density at radius 1 is 1.11 bits per heavy atom. The topological polar surface area (TPSA) is 17.1 Å². The van der Waals surface area contributed by atoms with Gasteiger partial charge in [-0.15, -0.1) is 0 Å². The monoisotopic (exact) mass is 240 g/mol. The summed E-state index contributed by atoms with van der Waals surface area (Å²) in [5, 5.41) is 0. The van der Waals surface area contributed by atoms with Gasteiger partial charge in [0.25, 0.3) is 0 Å². The summed E-state index contributed by atoms with van der Waals surface area (Å²) in [7, 11) is 0. The molecule has 0 heterocycles. The number of rotatable bonds is 1. The van der Waals surface area contributed by atoms with Gasteiger partial charge in [0.1, 0.15) is 0 Å². The second-order valence-electron chi connectivity index (χ2n) is 6.00. The van der Waals surface area contributed by atoms with Crippen LogP contribution in [0.4, 0.5) is 0 Å². The third kappa shape index (κ3) is 1.57. The maximum absolute atomic E-state index is 12.2. The van der Waals surface area contributed by atoms with E-state index in [1.54, 1.807) is 6.08 Å². The van der Waals surface area contributed by atoms with E-state index >= 15 is 0 Å². The first-order valence-corrected chi connectivity index (χ1v) is 6.89. The zero-order valence-electron chi connectivity index (χ0n) is 11.3. The van der Waals surface area contributed by atoms with E-state index in [9.17, 15) is 4.79 Å². The molecule has 0 saturated carbocycles. The molecule has 0 aromatic carbocycles. The van der Waals surface area contributed by atoms with Gasteiger partial charge in [-0.3, -0.25) is 4.79 Å². The summed E-state index contributed by atoms with van der Waals surface area (Å²) in [5.41, 5.74) is 2.85. The fourth-order valence-corrected chi connectivity index (χ4v) is 3.46. The number of allylic oxidation sites excluding steroid dienone is 8. The molecule has 0 spiro atoms. The zero-order valence-corrected chi connectivity index (χ0v) is 11.3. The maximum Gasteiger partial charge on any atom is 0.162 e. The predicted molar refractivity (Wildman–Crippen MR) is 73.9 cm³/mol. The second-order valence-corrected chi connectivity index (χ2v) is 6.00. The molecule has 4 aliphatic rings. The van der Waals surface area contributed by atoms with Crippen molar-refractivity contribution < 1.29 is 4.79 Å².